The van der Waals surface area contributed by atoms with E-state index in [4.69, 9.17) is 9.05 Å². The lowest BCUT2D eigenvalue weighted by Gasteiger charge is -2.25. The Labute approximate surface area is 191 Å². The van der Waals surface area contributed by atoms with Crippen molar-refractivity contribution in [1.82, 2.24) is 20.6 Å². The van der Waals surface area contributed by atoms with Crippen LogP contribution in [-0.4, -0.2) is 33.4 Å². The fourth-order valence-electron chi connectivity index (χ4n) is 3.52. The van der Waals surface area contributed by atoms with Crippen molar-refractivity contribution < 1.29 is 32.1 Å². The molecule has 0 fully saturated rings. The lowest BCUT2D eigenvalue weighted by Crippen LogP contribution is -2.42. The van der Waals surface area contributed by atoms with Gasteiger partial charge in [0.1, 0.15) is 11.3 Å². The Morgan fingerprint density at radius 1 is 1.00 bits per heavy atom. The van der Waals surface area contributed by atoms with Crippen LogP contribution >= 0.6 is 0 Å². The zero-order valence-electron chi connectivity index (χ0n) is 18.1. The number of halogens is 3. The average Bonchev–Trinajstić information content (AvgIpc) is 3.51. The molecule has 1 unspecified atom stereocenters. The number of benzene rings is 2. The van der Waals surface area contributed by atoms with E-state index in [0.717, 1.165) is 0 Å². The molecule has 0 saturated carbocycles. The quantitative estimate of drug-likeness (QED) is 0.427. The second-order valence-corrected chi connectivity index (χ2v) is 7.39. The second kappa shape index (κ2) is 8.75. The van der Waals surface area contributed by atoms with E-state index in [9.17, 15) is 23.1 Å². The summed E-state index contributed by atoms with van der Waals surface area (Å²) in [6.07, 6.45) is -4.66. The summed E-state index contributed by atoms with van der Waals surface area (Å²) in [5, 5.41) is 20.5. The second-order valence-electron chi connectivity index (χ2n) is 7.39. The first-order valence-electron chi connectivity index (χ1n) is 10.2. The number of aromatic nitrogens is 3. The lowest BCUT2D eigenvalue weighted by molar-refractivity contribution is -0.140. The molecule has 2 N–H and O–H groups in total. The van der Waals surface area contributed by atoms with Crippen molar-refractivity contribution in [3.63, 3.8) is 0 Å². The number of likely N-dealkylation sites (N-methyl/N-ethyl adjacent to an activating group) is 1. The van der Waals surface area contributed by atoms with Crippen molar-refractivity contribution >= 4 is 5.91 Å². The van der Waals surface area contributed by atoms with Crippen LogP contribution in [0.1, 0.15) is 24.5 Å². The summed E-state index contributed by atoms with van der Waals surface area (Å²) in [5.74, 6) is -1.76. The highest BCUT2D eigenvalue weighted by Crippen LogP contribution is 2.43. The minimum absolute atomic E-state index is 0.00711. The van der Waals surface area contributed by atoms with Gasteiger partial charge in [-0.15, -0.1) is 0 Å². The van der Waals surface area contributed by atoms with E-state index in [-0.39, 0.29) is 23.5 Å². The van der Waals surface area contributed by atoms with Crippen LogP contribution < -0.4 is 5.32 Å². The number of nitrogens with zero attached hydrogens (tertiary/aromatic N) is 3. The van der Waals surface area contributed by atoms with Gasteiger partial charge in [-0.05, 0) is 12.0 Å². The van der Waals surface area contributed by atoms with Gasteiger partial charge in [0.2, 0.25) is 11.6 Å². The largest absolute Gasteiger partial charge is 0.422 e. The van der Waals surface area contributed by atoms with E-state index in [2.05, 4.69) is 20.6 Å². The molecule has 1 amide bonds. The highest BCUT2D eigenvalue weighted by Gasteiger charge is 2.43. The molecule has 176 valence electrons. The molecule has 1 atom stereocenters. The zero-order chi connectivity index (χ0) is 24.5. The number of carbonyl (C=O) groups excluding carboxylic acids is 1. The van der Waals surface area contributed by atoms with Gasteiger partial charge in [-0.1, -0.05) is 71.8 Å². The van der Waals surface area contributed by atoms with Crippen LogP contribution in [0.5, 0.6) is 0 Å². The van der Waals surface area contributed by atoms with Crippen molar-refractivity contribution in [2.75, 3.05) is 7.05 Å². The van der Waals surface area contributed by atoms with Gasteiger partial charge in [0, 0.05) is 18.2 Å². The molecule has 4 aromatic rings. The fraction of sp³-hybridized carbons (Fsp3) is 0.217. The van der Waals surface area contributed by atoms with Crippen LogP contribution in [-0.2, 0) is 16.6 Å². The maximum atomic E-state index is 13.9. The molecule has 0 radical (unpaired) electrons. The number of hydrogen-bond donors (Lipinski definition) is 2. The summed E-state index contributed by atoms with van der Waals surface area (Å²) in [6, 6.07) is 13.9. The molecule has 8 nitrogen and oxygen atoms in total. The summed E-state index contributed by atoms with van der Waals surface area (Å²) in [4.78, 5) is 16.1. The Hall–Kier alpha value is -3.99. The van der Waals surface area contributed by atoms with Gasteiger partial charge < -0.3 is 19.5 Å². The monoisotopic (exact) mass is 472 g/mol. The van der Waals surface area contributed by atoms with Crippen molar-refractivity contribution in [3.05, 3.63) is 65.7 Å². The maximum absolute atomic E-state index is 13.9. The third-order valence-corrected chi connectivity index (χ3v) is 5.38. The Morgan fingerprint density at radius 2 is 1.68 bits per heavy atom. The van der Waals surface area contributed by atoms with Crippen LogP contribution in [0.15, 0.2) is 63.6 Å². The van der Waals surface area contributed by atoms with Crippen LogP contribution in [0, 0.1) is 0 Å². The summed E-state index contributed by atoms with van der Waals surface area (Å²) in [6.45, 7) is 1.66. The van der Waals surface area contributed by atoms with Gasteiger partial charge >= 0.3 is 6.18 Å². The summed E-state index contributed by atoms with van der Waals surface area (Å²) in [7, 11) is 1.42. The predicted octanol–water partition coefficient (Wildman–Crippen LogP) is 4.42. The Morgan fingerprint density at radius 3 is 2.26 bits per heavy atom. The molecular formula is C23H19F3N4O4. The first kappa shape index (κ1) is 23.2. The Bertz CT molecular complexity index is 1300. The van der Waals surface area contributed by atoms with Gasteiger partial charge in [0.15, 0.2) is 5.60 Å². The third-order valence-electron chi connectivity index (χ3n) is 5.38. The molecule has 11 heteroatoms. The van der Waals surface area contributed by atoms with Gasteiger partial charge in [-0.2, -0.15) is 18.2 Å². The smallest absolute Gasteiger partial charge is 0.375 e. The molecule has 0 spiro atoms. The van der Waals surface area contributed by atoms with Crippen molar-refractivity contribution in [2.45, 2.75) is 25.1 Å². The highest BCUT2D eigenvalue weighted by molar-refractivity contribution is 5.86. The molecule has 4 rings (SSSR count). The average molecular weight is 472 g/mol. The molecule has 34 heavy (non-hydrogen) atoms. The van der Waals surface area contributed by atoms with Crippen LogP contribution in [0.25, 0.3) is 34.3 Å². The molecule has 0 bridgehead atoms. The van der Waals surface area contributed by atoms with Crippen molar-refractivity contribution in [1.29, 1.82) is 0 Å². The number of nitrogens with one attached hydrogen (secondary N) is 1. The van der Waals surface area contributed by atoms with Gasteiger partial charge in [-0.25, -0.2) is 0 Å². The third kappa shape index (κ3) is 4.05. The van der Waals surface area contributed by atoms with Crippen molar-refractivity contribution in [3.8, 4) is 34.3 Å². The van der Waals surface area contributed by atoms with Gasteiger partial charge in [0.25, 0.3) is 11.8 Å². The minimum atomic E-state index is -4.79. The first-order valence-corrected chi connectivity index (χ1v) is 10.2. The minimum Gasteiger partial charge on any atom is -0.375 e. The number of amides is 1. The number of alkyl halides is 3. The van der Waals surface area contributed by atoms with Gasteiger partial charge in [-0.3, -0.25) is 4.79 Å². The number of hydrogen-bond acceptors (Lipinski definition) is 7. The van der Waals surface area contributed by atoms with E-state index in [0.29, 0.717) is 11.1 Å². The van der Waals surface area contributed by atoms with E-state index in [1.165, 1.54) is 43.4 Å². The summed E-state index contributed by atoms with van der Waals surface area (Å²) >= 11 is 0. The molecule has 0 saturated heterocycles. The van der Waals surface area contributed by atoms with Crippen LogP contribution in [0.3, 0.4) is 0 Å². The van der Waals surface area contributed by atoms with E-state index < -0.39 is 34.9 Å². The van der Waals surface area contributed by atoms with Crippen molar-refractivity contribution in [2.24, 2.45) is 0 Å². The predicted molar refractivity (Wildman–Crippen MR) is 114 cm³/mol. The number of aliphatic hydroxyl groups is 1. The molecule has 2 heterocycles. The summed E-state index contributed by atoms with van der Waals surface area (Å²) in [5.41, 5.74) is -2.29. The van der Waals surface area contributed by atoms with E-state index in [1.807, 2.05) is 0 Å². The molecular weight excluding hydrogens is 453 g/mol. The van der Waals surface area contributed by atoms with Crippen LogP contribution in [0.4, 0.5) is 13.2 Å². The molecule has 0 aliphatic rings. The maximum Gasteiger partial charge on any atom is 0.422 e. The fourth-order valence-corrected chi connectivity index (χ4v) is 3.52. The Kier molecular flexibility index (Phi) is 5.96. The normalized spacial score (nSPS) is 13.5. The van der Waals surface area contributed by atoms with Gasteiger partial charge in [0.05, 0.1) is 0 Å². The zero-order valence-corrected chi connectivity index (χ0v) is 18.1. The summed E-state index contributed by atoms with van der Waals surface area (Å²) < 4.78 is 51.7. The molecule has 0 aliphatic carbocycles. The number of rotatable bonds is 6. The molecule has 0 aliphatic heterocycles. The molecule has 2 aromatic heterocycles. The van der Waals surface area contributed by atoms with E-state index in [1.54, 1.807) is 25.1 Å². The van der Waals surface area contributed by atoms with E-state index >= 15 is 0 Å². The standard InChI is InChI=1S/C23H19F3N4O4/c1-3-22(32,21(31)27-2)15-11-9-14(10-12-15)19-28-20(34-30-19)18-16(23(24,25)26)17(29-33-18)13-7-5-4-6-8-13/h4-12,32H,3H2,1-2H3,(H,27,31). The molecule has 2 aromatic carbocycles. The Balaban J connectivity index is 1.70. The van der Waals surface area contributed by atoms with Crippen LogP contribution in [0.2, 0.25) is 0 Å². The highest BCUT2D eigenvalue weighted by atomic mass is 19.4. The first-order chi connectivity index (χ1) is 16.2. The number of carbonyl (C=O) groups is 1. The topological polar surface area (TPSA) is 114 Å². The SMILES string of the molecule is CCC(O)(C(=O)NC)c1ccc(-c2noc(-c3onc(-c4ccccc4)c3C(F)(F)F)n2)cc1. The lowest BCUT2D eigenvalue weighted by atomic mass is 9.89.